The number of hydrogen-bond acceptors (Lipinski definition) is 4. The van der Waals surface area contributed by atoms with Crippen molar-refractivity contribution in [3.63, 3.8) is 0 Å². The average molecular weight is 349 g/mol. The van der Waals surface area contributed by atoms with Gasteiger partial charge in [-0.1, -0.05) is 30.6 Å². The van der Waals surface area contributed by atoms with Crippen LogP contribution in [0.15, 0.2) is 18.2 Å². The van der Waals surface area contributed by atoms with Crippen LogP contribution in [-0.4, -0.2) is 43.0 Å². The molecule has 0 spiro atoms. The summed E-state index contributed by atoms with van der Waals surface area (Å²) in [5.41, 5.74) is 0.752. The summed E-state index contributed by atoms with van der Waals surface area (Å²) < 4.78 is 14.2. The summed E-state index contributed by atoms with van der Waals surface area (Å²) in [6.07, 6.45) is 5.42. The van der Waals surface area contributed by atoms with E-state index in [1.807, 2.05) is 19.0 Å². The molecular weight excluding hydrogens is 325 g/mol. The van der Waals surface area contributed by atoms with Gasteiger partial charge in [0.2, 0.25) is 5.91 Å². The van der Waals surface area contributed by atoms with Gasteiger partial charge < -0.3 is 4.90 Å². The number of carbonyl (C=O) groups excluding carboxylic acids is 1. The Labute approximate surface area is 146 Å². The number of likely N-dealkylation sites (N-methyl/N-ethyl adjacent to an activating group) is 1. The first kappa shape index (κ1) is 17.3. The number of anilines is 1. The zero-order chi connectivity index (χ0) is 17.1. The quantitative estimate of drug-likeness (QED) is 0.821. The Kier molecular flexibility index (Phi) is 5.46. The molecule has 0 aliphatic heterocycles. The normalized spacial score (nSPS) is 16.0. The lowest BCUT2D eigenvalue weighted by molar-refractivity contribution is -0.123. The third kappa shape index (κ3) is 3.92. The lowest BCUT2D eigenvalue weighted by atomic mass is 9.88. The molecule has 0 radical (unpaired) electrons. The number of nitrogens with zero attached hydrogens (tertiary/aromatic N) is 3. The van der Waals surface area contributed by atoms with Crippen LogP contribution in [0.4, 0.5) is 9.52 Å². The molecule has 4 nitrogen and oxygen atoms in total. The van der Waals surface area contributed by atoms with E-state index in [9.17, 15) is 9.18 Å². The van der Waals surface area contributed by atoms with Crippen molar-refractivity contribution in [2.24, 2.45) is 5.92 Å². The largest absolute Gasteiger partial charge is 0.308 e. The Morgan fingerprint density at radius 1 is 1.25 bits per heavy atom. The number of carbonyl (C=O) groups is 1. The van der Waals surface area contributed by atoms with Crippen LogP contribution in [0.2, 0.25) is 0 Å². The van der Waals surface area contributed by atoms with E-state index in [-0.39, 0.29) is 17.6 Å². The number of benzene rings is 1. The van der Waals surface area contributed by atoms with E-state index in [1.165, 1.54) is 29.9 Å². The van der Waals surface area contributed by atoms with Gasteiger partial charge >= 0.3 is 0 Å². The highest BCUT2D eigenvalue weighted by Gasteiger charge is 2.28. The molecule has 0 bridgehead atoms. The maximum absolute atomic E-state index is 13.4. The molecule has 1 aromatic heterocycles. The number of rotatable bonds is 5. The van der Waals surface area contributed by atoms with Gasteiger partial charge in [0.05, 0.1) is 10.2 Å². The van der Waals surface area contributed by atoms with Crippen molar-refractivity contribution < 1.29 is 9.18 Å². The molecule has 1 heterocycles. The minimum absolute atomic E-state index is 0.102. The topological polar surface area (TPSA) is 36.4 Å². The van der Waals surface area contributed by atoms with Crippen LogP contribution in [0.1, 0.15) is 32.1 Å². The summed E-state index contributed by atoms with van der Waals surface area (Å²) >= 11 is 1.40. The molecule has 1 fully saturated rings. The molecule has 1 saturated carbocycles. The van der Waals surface area contributed by atoms with E-state index in [4.69, 9.17) is 0 Å². The summed E-state index contributed by atoms with van der Waals surface area (Å²) in [7, 11) is 3.99. The van der Waals surface area contributed by atoms with Crippen LogP contribution in [0.25, 0.3) is 10.2 Å². The molecule has 0 N–H and O–H groups in total. The Balaban J connectivity index is 1.88. The zero-order valence-corrected chi connectivity index (χ0v) is 15.1. The summed E-state index contributed by atoms with van der Waals surface area (Å²) in [5, 5.41) is 0.688. The standard InChI is InChI=1S/C18H24FN3OS/c1-21(2)10-11-22(17(23)13-6-4-3-5-7-13)18-20-15-9-8-14(19)12-16(15)24-18/h8-9,12-13H,3-7,10-11H2,1-2H3. The smallest absolute Gasteiger partial charge is 0.231 e. The van der Waals surface area contributed by atoms with Crippen LogP contribution in [-0.2, 0) is 4.79 Å². The number of hydrogen-bond donors (Lipinski definition) is 0. The Morgan fingerprint density at radius 3 is 2.71 bits per heavy atom. The highest BCUT2D eigenvalue weighted by Crippen LogP contribution is 2.32. The van der Waals surface area contributed by atoms with E-state index in [1.54, 1.807) is 6.07 Å². The molecule has 2 aromatic rings. The van der Waals surface area contributed by atoms with Gasteiger partial charge in [-0.05, 0) is 45.1 Å². The summed E-state index contributed by atoms with van der Waals surface area (Å²) in [6.45, 7) is 1.40. The fourth-order valence-electron chi connectivity index (χ4n) is 3.17. The van der Waals surface area contributed by atoms with E-state index in [2.05, 4.69) is 9.88 Å². The lowest BCUT2D eigenvalue weighted by Crippen LogP contribution is -2.41. The van der Waals surface area contributed by atoms with Crippen molar-refractivity contribution in [3.8, 4) is 0 Å². The monoisotopic (exact) mass is 349 g/mol. The van der Waals surface area contributed by atoms with Crippen molar-refractivity contribution in [2.45, 2.75) is 32.1 Å². The predicted octanol–water partition coefficient (Wildman–Crippen LogP) is 3.91. The summed E-state index contributed by atoms with van der Waals surface area (Å²) in [4.78, 5) is 21.5. The van der Waals surface area contributed by atoms with Crippen LogP contribution in [0.5, 0.6) is 0 Å². The maximum atomic E-state index is 13.4. The molecule has 1 aliphatic rings. The minimum atomic E-state index is -0.267. The van der Waals surface area contributed by atoms with Gasteiger partial charge in [-0.15, -0.1) is 0 Å². The molecule has 1 aliphatic carbocycles. The van der Waals surface area contributed by atoms with E-state index in [0.717, 1.165) is 42.4 Å². The molecule has 1 amide bonds. The maximum Gasteiger partial charge on any atom is 0.231 e. The van der Waals surface area contributed by atoms with Gasteiger partial charge in [-0.25, -0.2) is 9.37 Å². The molecule has 24 heavy (non-hydrogen) atoms. The predicted molar refractivity (Wildman–Crippen MR) is 97.1 cm³/mol. The summed E-state index contributed by atoms with van der Waals surface area (Å²) in [5.74, 6) is 0.0110. The third-order valence-electron chi connectivity index (χ3n) is 4.56. The van der Waals surface area contributed by atoms with Crippen molar-refractivity contribution >= 4 is 32.6 Å². The molecule has 0 atom stereocenters. The van der Waals surface area contributed by atoms with Crippen LogP contribution in [0.3, 0.4) is 0 Å². The molecule has 3 rings (SSSR count). The van der Waals surface area contributed by atoms with Gasteiger partial charge in [-0.3, -0.25) is 9.69 Å². The Morgan fingerprint density at radius 2 is 2.00 bits per heavy atom. The van der Waals surface area contributed by atoms with Gasteiger partial charge in [0.15, 0.2) is 5.13 Å². The number of aromatic nitrogens is 1. The van der Waals surface area contributed by atoms with Crippen LogP contribution >= 0.6 is 11.3 Å². The fourth-order valence-corrected chi connectivity index (χ4v) is 4.19. The van der Waals surface area contributed by atoms with E-state index >= 15 is 0 Å². The first-order valence-electron chi connectivity index (χ1n) is 8.57. The number of amides is 1. The van der Waals surface area contributed by atoms with Crippen molar-refractivity contribution in [1.82, 2.24) is 9.88 Å². The number of halogens is 1. The van der Waals surface area contributed by atoms with Gasteiger partial charge in [0.25, 0.3) is 0 Å². The molecule has 1 aromatic carbocycles. The van der Waals surface area contributed by atoms with Crippen LogP contribution in [0, 0.1) is 11.7 Å². The molecule has 6 heteroatoms. The third-order valence-corrected chi connectivity index (χ3v) is 5.60. The number of fused-ring (bicyclic) bond motifs is 1. The SMILES string of the molecule is CN(C)CCN(C(=O)C1CCCCC1)c1nc2ccc(F)cc2s1. The Bertz CT molecular complexity index is 709. The van der Waals surface area contributed by atoms with Crippen molar-refractivity contribution in [2.75, 3.05) is 32.1 Å². The van der Waals surface area contributed by atoms with E-state index in [0.29, 0.717) is 11.7 Å². The van der Waals surface area contributed by atoms with Gasteiger partial charge in [0, 0.05) is 19.0 Å². The molecular formula is C18H24FN3OS. The lowest BCUT2D eigenvalue weighted by Gasteiger charge is -2.28. The van der Waals surface area contributed by atoms with Crippen molar-refractivity contribution in [1.29, 1.82) is 0 Å². The molecule has 0 saturated heterocycles. The van der Waals surface area contributed by atoms with Gasteiger partial charge in [0.1, 0.15) is 5.82 Å². The van der Waals surface area contributed by atoms with Gasteiger partial charge in [-0.2, -0.15) is 0 Å². The van der Waals surface area contributed by atoms with Crippen molar-refractivity contribution in [3.05, 3.63) is 24.0 Å². The second-order valence-electron chi connectivity index (χ2n) is 6.74. The fraction of sp³-hybridized carbons (Fsp3) is 0.556. The zero-order valence-electron chi connectivity index (χ0n) is 14.3. The second-order valence-corrected chi connectivity index (χ2v) is 7.75. The highest BCUT2D eigenvalue weighted by molar-refractivity contribution is 7.22. The van der Waals surface area contributed by atoms with E-state index < -0.39 is 0 Å². The number of thiazole rings is 1. The highest BCUT2D eigenvalue weighted by atomic mass is 32.1. The first-order valence-corrected chi connectivity index (χ1v) is 9.38. The summed E-state index contributed by atoms with van der Waals surface area (Å²) in [6, 6.07) is 4.59. The minimum Gasteiger partial charge on any atom is -0.308 e. The molecule has 130 valence electrons. The Hall–Kier alpha value is -1.53. The second kappa shape index (κ2) is 7.57. The van der Waals surface area contributed by atoms with Crippen LogP contribution < -0.4 is 4.90 Å². The molecule has 0 unspecified atom stereocenters. The average Bonchev–Trinajstić information content (AvgIpc) is 2.98. The first-order chi connectivity index (χ1) is 11.5.